The third-order valence-corrected chi connectivity index (χ3v) is 3.71. The van der Waals surface area contributed by atoms with E-state index in [0.29, 0.717) is 12.0 Å². The number of hydrogen-bond donors (Lipinski definition) is 5. The zero-order valence-corrected chi connectivity index (χ0v) is 9.83. The van der Waals surface area contributed by atoms with Crippen LogP contribution in [0.25, 0.3) is 0 Å². The molecule has 1 aromatic rings. The van der Waals surface area contributed by atoms with E-state index in [1.807, 2.05) is 12.3 Å². The van der Waals surface area contributed by atoms with Crippen LogP contribution in [-0.2, 0) is 5.66 Å². The van der Waals surface area contributed by atoms with Crippen LogP contribution < -0.4 is 22.1 Å². The van der Waals surface area contributed by atoms with E-state index < -0.39 is 5.66 Å². The van der Waals surface area contributed by atoms with Crippen LogP contribution >= 0.6 is 0 Å². The number of rotatable bonds is 1. The molecule has 6 heteroatoms. The first-order chi connectivity index (χ1) is 8.09. The summed E-state index contributed by atoms with van der Waals surface area (Å²) in [5.74, 6) is 1.51. The van der Waals surface area contributed by atoms with Crippen LogP contribution in [0, 0.1) is 5.92 Å². The second-order valence-electron chi connectivity index (χ2n) is 4.96. The van der Waals surface area contributed by atoms with Gasteiger partial charge in [0, 0.05) is 30.3 Å². The van der Waals surface area contributed by atoms with Crippen molar-refractivity contribution in [3.8, 4) is 0 Å². The van der Waals surface area contributed by atoms with Crippen molar-refractivity contribution in [1.29, 1.82) is 0 Å². The maximum absolute atomic E-state index is 6.51. The Morgan fingerprint density at radius 2 is 2.35 bits per heavy atom. The van der Waals surface area contributed by atoms with E-state index >= 15 is 0 Å². The molecule has 3 heterocycles. The number of H-pyrrole nitrogens is 1. The highest BCUT2D eigenvalue weighted by atomic mass is 15.2. The van der Waals surface area contributed by atoms with E-state index in [4.69, 9.17) is 11.5 Å². The molecule has 0 spiro atoms. The van der Waals surface area contributed by atoms with Crippen LogP contribution in [0.1, 0.15) is 18.9 Å². The number of anilines is 1. The summed E-state index contributed by atoms with van der Waals surface area (Å²) < 4.78 is 0. The van der Waals surface area contributed by atoms with Crippen LogP contribution in [0.5, 0.6) is 0 Å². The lowest BCUT2D eigenvalue weighted by molar-refractivity contribution is 0.303. The molecule has 6 nitrogen and oxygen atoms in total. The number of nitrogens with zero attached hydrogens (tertiary/aromatic N) is 1. The van der Waals surface area contributed by atoms with Crippen molar-refractivity contribution < 1.29 is 0 Å². The molecular weight excluding hydrogens is 216 g/mol. The molecule has 0 aliphatic carbocycles. The first-order valence-electron chi connectivity index (χ1n) is 5.92. The van der Waals surface area contributed by atoms with Gasteiger partial charge in [-0.05, 0) is 19.4 Å². The number of aliphatic imine (C=N–C) groups is 1. The van der Waals surface area contributed by atoms with Crippen LogP contribution in [0.15, 0.2) is 17.3 Å². The SMILES string of the molecule is C[C@H]1C[C@@H](C2(N)N=C(N)Nc3[nH]ccc32)CN1. The topological polar surface area (TPSA) is 104 Å². The number of fused-ring (bicyclic) bond motifs is 1. The fourth-order valence-corrected chi connectivity index (χ4v) is 2.81. The van der Waals surface area contributed by atoms with Gasteiger partial charge in [0.2, 0.25) is 0 Å². The van der Waals surface area contributed by atoms with E-state index in [9.17, 15) is 0 Å². The second-order valence-corrected chi connectivity index (χ2v) is 4.96. The van der Waals surface area contributed by atoms with Gasteiger partial charge < -0.3 is 27.1 Å². The van der Waals surface area contributed by atoms with Crippen LogP contribution in [-0.4, -0.2) is 23.5 Å². The Hall–Kier alpha value is -1.53. The predicted molar refractivity (Wildman–Crippen MR) is 67.5 cm³/mol. The average molecular weight is 234 g/mol. The Bertz CT molecular complexity index is 464. The maximum atomic E-state index is 6.51. The number of aromatic amines is 1. The molecule has 17 heavy (non-hydrogen) atoms. The van der Waals surface area contributed by atoms with Gasteiger partial charge >= 0.3 is 0 Å². The molecule has 7 N–H and O–H groups in total. The van der Waals surface area contributed by atoms with Gasteiger partial charge in [0.25, 0.3) is 0 Å². The molecule has 1 fully saturated rings. The summed E-state index contributed by atoms with van der Waals surface area (Å²) in [5.41, 5.74) is 12.6. The highest BCUT2D eigenvalue weighted by molar-refractivity contribution is 5.94. The lowest BCUT2D eigenvalue weighted by atomic mass is 9.85. The Labute approximate surface area is 99.9 Å². The van der Waals surface area contributed by atoms with Gasteiger partial charge in [0.15, 0.2) is 5.96 Å². The zero-order chi connectivity index (χ0) is 12.0. The average Bonchev–Trinajstić information content (AvgIpc) is 2.86. The van der Waals surface area contributed by atoms with Crippen molar-refractivity contribution in [2.75, 3.05) is 11.9 Å². The monoisotopic (exact) mass is 234 g/mol. The third-order valence-electron chi connectivity index (χ3n) is 3.71. The Balaban J connectivity index is 2.02. The van der Waals surface area contributed by atoms with Crippen molar-refractivity contribution >= 4 is 11.8 Å². The summed E-state index contributed by atoms with van der Waals surface area (Å²) in [6.07, 6.45) is 2.87. The predicted octanol–water partition coefficient (Wildman–Crippen LogP) is -0.136. The summed E-state index contributed by atoms with van der Waals surface area (Å²) in [5, 5.41) is 6.41. The summed E-state index contributed by atoms with van der Waals surface area (Å²) in [6, 6.07) is 2.45. The third kappa shape index (κ3) is 1.52. The van der Waals surface area contributed by atoms with E-state index in [-0.39, 0.29) is 5.92 Å². The Morgan fingerprint density at radius 3 is 3.06 bits per heavy atom. The molecule has 1 saturated heterocycles. The van der Waals surface area contributed by atoms with E-state index in [1.54, 1.807) is 0 Å². The molecule has 0 radical (unpaired) electrons. The lowest BCUT2D eigenvalue weighted by Crippen LogP contribution is -2.48. The quantitative estimate of drug-likeness (QED) is 0.466. The van der Waals surface area contributed by atoms with Gasteiger partial charge in [-0.25, -0.2) is 4.99 Å². The van der Waals surface area contributed by atoms with E-state index in [2.05, 4.69) is 27.5 Å². The van der Waals surface area contributed by atoms with Crippen molar-refractivity contribution in [1.82, 2.24) is 10.3 Å². The lowest BCUT2D eigenvalue weighted by Gasteiger charge is -2.35. The number of hydrogen-bond acceptors (Lipinski definition) is 5. The molecule has 2 aliphatic heterocycles. The Kier molecular flexibility index (Phi) is 2.17. The molecule has 0 amide bonds. The number of guanidine groups is 1. The largest absolute Gasteiger partial charge is 0.370 e. The molecule has 1 aromatic heterocycles. The summed E-state index contributed by atoms with van der Waals surface area (Å²) in [6.45, 7) is 3.04. The van der Waals surface area contributed by atoms with Crippen molar-refractivity contribution in [2.45, 2.75) is 25.0 Å². The van der Waals surface area contributed by atoms with Crippen molar-refractivity contribution in [3.63, 3.8) is 0 Å². The molecule has 3 rings (SSSR count). The number of nitrogens with two attached hydrogens (primary N) is 2. The number of nitrogens with one attached hydrogen (secondary N) is 3. The van der Waals surface area contributed by atoms with Gasteiger partial charge in [-0.3, -0.25) is 0 Å². The van der Waals surface area contributed by atoms with Gasteiger partial charge in [0.05, 0.1) is 0 Å². The van der Waals surface area contributed by atoms with Crippen LogP contribution in [0.2, 0.25) is 0 Å². The van der Waals surface area contributed by atoms with Gasteiger partial charge in [-0.2, -0.15) is 0 Å². The minimum absolute atomic E-state index is 0.271. The highest BCUT2D eigenvalue weighted by Gasteiger charge is 2.44. The molecular formula is C11H18N6. The normalized spacial score (nSPS) is 36.2. The molecule has 0 aromatic carbocycles. The van der Waals surface area contributed by atoms with Gasteiger partial charge in [-0.15, -0.1) is 0 Å². The van der Waals surface area contributed by atoms with Gasteiger partial charge in [0.1, 0.15) is 11.5 Å². The fourth-order valence-electron chi connectivity index (χ4n) is 2.81. The van der Waals surface area contributed by atoms with E-state index in [0.717, 1.165) is 24.3 Å². The summed E-state index contributed by atoms with van der Waals surface area (Å²) in [4.78, 5) is 7.55. The van der Waals surface area contributed by atoms with Crippen molar-refractivity contribution in [3.05, 3.63) is 17.8 Å². The minimum Gasteiger partial charge on any atom is -0.370 e. The molecule has 0 saturated carbocycles. The first kappa shape index (κ1) is 10.6. The standard InChI is InChI=1S/C11H18N6/c1-6-4-7(5-15-6)11(13)8-2-3-14-9(8)16-10(12)17-11/h2-3,6-7,14-15H,4-5,13H2,1H3,(H3,12,16,17)/t6-,7+,11?/m0/s1. The smallest absolute Gasteiger partial charge is 0.196 e. The second kappa shape index (κ2) is 3.48. The first-order valence-corrected chi connectivity index (χ1v) is 5.92. The van der Waals surface area contributed by atoms with Crippen molar-refractivity contribution in [2.24, 2.45) is 22.4 Å². The van der Waals surface area contributed by atoms with E-state index in [1.165, 1.54) is 0 Å². The zero-order valence-electron chi connectivity index (χ0n) is 9.83. The molecule has 2 aliphatic rings. The highest BCUT2D eigenvalue weighted by Crippen LogP contribution is 2.39. The molecule has 1 unspecified atom stereocenters. The summed E-state index contributed by atoms with van der Waals surface area (Å²) in [7, 11) is 0. The Morgan fingerprint density at radius 1 is 1.53 bits per heavy atom. The minimum atomic E-state index is -0.720. The summed E-state index contributed by atoms with van der Waals surface area (Å²) >= 11 is 0. The van der Waals surface area contributed by atoms with Crippen LogP contribution in [0.3, 0.4) is 0 Å². The maximum Gasteiger partial charge on any atom is 0.196 e. The number of aromatic nitrogens is 1. The fraction of sp³-hybridized carbons (Fsp3) is 0.545. The molecule has 3 atom stereocenters. The van der Waals surface area contributed by atoms with Gasteiger partial charge in [-0.1, -0.05) is 0 Å². The molecule has 92 valence electrons. The van der Waals surface area contributed by atoms with Crippen LogP contribution in [0.4, 0.5) is 5.82 Å². The molecule has 0 bridgehead atoms.